The molecule has 40 heavy (non-hydrogen) atoms. The van der Waals surface area contributed by atoms with Gasteiger partial charge < -0.3 is 9.55 Å². The maximum atomic E-state index is 3.82. The summed E-state index contributed by atoms with van der Waals surface area (Å²) in [5.74, 6) is 0. The number of hydrogen-bond donors (Lipinski definition) is 1. The van der Waals surface area contributed by atoms with Crippen LogP contribution in [-0.2, 0) is 0 Å². The van der Waals surface area contributed by atoms with Crippen LogP contribution in [0.2, 0.25) is 0 Å². The standard InChI is InChI=1S/C38H26N2/c1-22-19-23(2)21-24(20-22)40-32-18-10-8-16-30(32)35-36-33(26-12-4-6-14-28(26)38(35)40)25-11-3-5-13-27(25)37-34(36)29-15-7-9-17-31(29)39-37/h3-21,39H,1-2H3. The Bertz CT molecular complexity index is 2480. The molecule has 2 heterocycles. The van der Waals surface area contributed by atoms with E-state index >= 15 is 0 Å². The molecular weight excluding hydrogens is 484 g/mol. The molecule has 2 aromatic heterocycles. The molecule has 0 spiro atoms. The number of hydrogen-bond acceptors (Lipinski definition) is 0. The van der Waals surface area contributed by atoms with Crippen LogP contribution in [0, 0.1) is 13.8 Å². The first-order valence-electron chi connectivity index (χ1n) is 14.0. The highest BCUT2D eigenvalue weighted by Crippen LogP contribution is 2.49. The maximum Gasteiger partial charge on any atom is 0.0626 e. The monoisotopic (exact) mass is 510 g/mol. The highest BCUT2D eigenvalue weighted by Gasteiger charge is 2.23. The Hall–Kier alpha value is -5.08. The third kappa shape index (κ3) is 2.73. The predicted molar refractivity (Wildman–Crippen MR) is 172 cm³/mol. The second kappa shape index (κ2) is 7.74. The molecule has 2 heteroatoms. The third-order valence-corrected chi connectivity index (χ3v) is 8.71. The molecule has 0 radical (unpaired) electrons. The molecule has 0 aliphatic heterocycles. The lowest BCUT2D eigenvalue weighted by Crippen LogP contribution is -1.96. The van der Waals surface area contributed by atoms with Gasteiger partial charge in [0, 0.05) is 48.9 Å². The normalized spacial score (nSPS) is 12.2. The molecular formula is C38H26N2. The summed E-state index contributed by atoms with van der Waals surface area (Å²) in [5.41, 5.74) is 8.66. The Morgan fingerprint density at radius 3 is 1.80 bits per heavy atom. The summed E-state index contributed by atoms with van der Waals surface area (Å²) in [4.78, 5) is 3.82. The summed E-state index contributed by atoms with van der Waals surface area (Å²) in [6.07, 6.45) is 0. The van der Waals surface area contributed by atoms with Crippen LogP contribution in [0.15, 0.2) is 115 Å². The van der Waals surface area contributed by atoms with E-state index in [2.05, 4.69) is 139 Å². The molecule has 9 rings (SSSR count). The van der Waals surface area contributed by atoms with Gasteiger partial charge in [0.25, 0.3) is 0 Å². The summed E-state index contributed by atoms with van der Waals surface area (Å²) < 4.78 is 2.50. The number of para-hydroxylation sites is 2. The number of H-pyrrole nitrogens is 1. The van der Waals surface area contributed by atoms with Crippen molar-refractivity contribution in [1.29, 1.82) is 0 Å². The average Bonchev–Trinajstić information content (AvgIpc) is 3.54. The quantitative estimate of drug-likeness (QED) is 0.212. The zero-order chi connectivity index (χ0) is 26.5. The molecule has 2 nitrogen and oxygen atoms in total. The maximum absolute atomic E-state index is 3.82. The van der Waals surface area contributed by atoms with Gasteiger partial charge in [0.05, 0.1) is 16.6 Å². The lowest BCUT2D eigenvalue weighted by Gasteiger charge is -2.16. The largest absolute Gasteiger partial charge is 0.354 e. The van der Waals surface area contributed by atoms with Gasteiger partial charge in [-0.15, -0.1) is 0 Å². The smallest absolute Gasteiger partial charge is 0.0626 e. The van der Waals surface area contributed by atoms with Gasteiger partial charge in [-0.2, -0.15) is 0 Å². The van der Waals surface area contributed by atoms with Crippen molar-refractivity contribution in [3.8, 4) is 5.69 Å². The Morgan fingerprint density at radius 1 is 0.475 bits per heavy atom. The number of nitrogens with one attached hydrogen (secondary N) is 1. The third-order valence-electron chi connectivity index (χ3n) is 8.71. The Morgan fingerprint density at radius 2 is 1.05 bits per heavy atom. The van der Waals surface area contributed by atoms with E-state index in [0.29, 0.717) is 0 Å². The Kier molecular flexibility index (Phi) is 4.22. The molecule has 0 aliphatic carbocycles. The van der Waals surface area contributed by atoms with E-state index in [4.69, 9.17) is 0 Å². The van der Waals surface area contributed by atoms with Gasteiger partial charge in [0.2, 0.25) is 0 Å². The van der Waals surface area contributed by atoms with Gasteiger partial charge >= 0.3 is 0 Å². The lowest BCUT2D eigenvalue weighted by molar-refractivity contribution is 1.16. The SMILES string of the molecule is Cc1cc(C)cc(-n2c3ccccc3c3c4c(c5ccccc5c5[nH]c6ccccc6c54)c4ccccc4c32)c1. The number of nitrogens with zero attached hydrogens (tertiary/aromatic N) is 1. The fraction of sp³-hybridized carbons (Fsp3) is 0.0526. The summed E-state index contributed by atoms with van der Waals surface area (Å²) in [6, 6.07) is 42.5. The molecule has 0 unspecified atom stereocenters. The second-order valence-electron chi connectivity index (χ2n) is 11.2. The van der Waals surface area contributed by atoms with Gasteiger partial charge in [0.1, 0.15) is 0 Å². The second-order valence-corrected chi connectivity index (χ2v) is 11.2. The van der Waals surface area contributed by atoms with Crippen molar-refractivity contribution in [3.05, 3.63) is 126 Å². The minimum absolute atomic E-state index is 1.18. The fourth-order valence-corrected chi connectivity index (χ4v) is 7.32. The average molecular weight is 511 g/mol. The molecule has 0 amide bonds. The topological polar surface area (TPSA) is 20.7 Å². The lowest BCUT2D eigenvalue weighted by atomic mass is 9.89. The Balaban J connectivity index is 1.71. The van der Waals surface area contributed by atoms with Crippen LogP contribution < -0.4 is 0 Å². The number of aryl methyl sites for hydroxylation is 2. The first-order valence-corrected chi connectivity index (χ1v) is 14.0. The van der Waals surface area contributed by atoms with Crippen molar-refractivity contribution in [3.63, 3.8) is 0 Å². The van der Waals surface area contributed by atoms with Crippen molar-refractivity contribution in [2.45, 2.75) is 13.8 Å². The van der Waals surface area contributed by atoms with Crippen LogP contribution in [0.1, 0.15) is 11.1 Å². The summed E-state index contributed by atoms with van der Waals surface area (Å²) in [5, 5.41) is 13.0. The van der Waals surface area contributed by atoms with Gasteiger partial charge in [-0.1, -0.05) is 91.0 Å². The number of aromatic nitrogens is 2. The van der Waals surface area contributed by atoms with Crippen molar-refractivity contribution >= 4 is 75.9 Å². The van der Waals surface area contributed by atoms with E-state index in [9.17, 15) is 0 Å². The van der Waals surface area contributed by atoms with E-state index in [1.165, 1.54) is 92.7 Å². The number of fused-ring (bicyclic) bond motifs is 15. The van der Waals surface area contributed by atoms with Crippen LogP contribution in [0.4, 0.5) is 0 Å². The molecule has 0 bridgehead atoms. The molecule has 188 valence electrons. The fourth-order valence-electron chi connectivity index (χ4n) is 7.32. The summed E-state index contributed by atoms with van der Waals surface area (Å²) in [7, 11) is 0. The highest BCUT2D eigenvalue weighted by atomic mass is 15.0. The van der Waals surface area contributed by atoms with Crippen molar-refractivity contribution in [2.75, 3.05) is 0 Å². The van der Waals surface area contributed by atoms with Crippen LogP contribution in [0.3, 0.4) is 0 Å². The Labute approximate surface area is 231 Å². The van der Waals surface area contributed by atoms with E-state index in [1.807, 2.05) is 0 Å². The molecule has 9 aromatic rings. The van der Waals surface area contributed by atoms with Gasteiger partial charge in [0.15, 0.2) is 0 Å². The summed E-state index contributed by atoms with van der Waals surface area (Å²) >= 11 is 0. The van der Waals surface area contributed by atoms with Gasteiger partial charge in [-0.3, -0.25) is 0 Å². The molecule has 7 aromatic carbocycles. The van der Waals surface area contributed by atoms with Crippen LogP contribution in [-0.4, -0.2) is 9.55 Å². The molecule has 0 aliphatic rings. The summed E-state index contributed by atoms with van der Waals surface area (Å²) in [6.45, 7) is 4.39. The first kappa shape index (κ1) is 21.8. The number of benzene rings is 7. The minimum Gasteiger partial charge on any atom is -0.354 e. The zero-order valence-electron chi connectivity index (χ0n) is 22.4. The van der Waals surface area contributed by atoms with E-state index in [-0.39, 0.29) is 0 Å². The molecule has 0 saturated heterocycles. The minimum atomic E-state index is 1.18. The van der Waals surface area contributed by atoms with E-state index in [0.717, 1.165) is 0 Å². The van der Waals surface area contributed by atoms with Crippen molar-refractivity contribution in [2.24, 2.45) is 0 Å². The molecule has 0 fully saturated rings. The van der Waals surface area contributed by atoms with Crippen LogP contribution >= 0.6 is 0 Å². The van der Waals surface area contributed by atoms with Gasteiger partial charge in [-0.05, 0) is 65.4 Å². The predicted octanol–water partition coefficient (Wildman–Crippen LogP) is 10.5. The van der Waals surface area contributed by atoms with E-state index < -0.39 is 0 Å². The molecule has 1 N–H and O–H groups in total. The van der Waals surface area contributed by atoms with Gasteiger partial charge in [-0.25, -0.2) is 0 Å². The molecule has 0 saturated carbocycles. The van der Waals surface area contributed by atoms with Crippen LogP contribution in [0.5, 0.6) is 0 Å². The van der Waals surface area contributed by atoms with Crippen molar-refractivity contribution < 1.29 is 0 Å². The molecule has 0 atom stereocenters. The number of rotatable bonds is 1. The van der Waals surface area contributed by atoms with E-state index in [1.54, 1.807) is 0 Å². The van der Waals surface area contributed by atoms with Crippen molar-refractivity contribution in [1.82, 2.24) is 9.55 Å². The zero-order valence-corrected chi connectivity index (χ0v) is 22.4. The van der Waals surface area contributed by atoms with Crippen LogP contribution in [0.25, 0.3) is 81.6 Å². The highest BCUT2D eigenvalue weighted by molar-refractivity contribution is 6.45. The first-order chi connectivity index (χ1) is 19.7. The number of aromatic amines is 1.